The fraction of sp³-hybridized carbons (Fsp3) is 0. The summed E-state index contributed by atoms with van der Waals surface area (Å²) in [5.41, 5.74) is 1.59. The molecule has 1 N–H and O–H groups in total. The molecule has 0 amide bonds. The van der Waals surface area contributed by atoms with Crippen LogP contribution in [0, 0.1) is 0 Å². The van der Waals surface area contributed by atoms with Crippen LogP contribution in [0.5, 0.6) is 0 Å². The van der Waals surface area contributed by atoms with Gasteiger partial charge < -0.3 is 4.98 Å². The van der Waals surface area contributed by atoms with Crippen molar-refractivity contribution in [1.82, 2.24) is 24.9 Å². The number of hydrogen-bond donors (Lipinski definition) is 1. The number of rotatable bonds is 0. The number of nitrogens with one attached hydrogen (secondary N) is 1. The summed E-state index contributed by atoms with van der Waals surface area (Å²) in [6, 6.07) is 6.10. The van der Waals surface area contributed by atoms with E-state index < -0.39 is 0 Å². The van der Waals surface area contributed by atoms with Gasteiger partial charge in [-0.2, -0.15) is 0 Å². The standard InChI is InChI=1S/C7H5NS.C5H4N4/c1-2-6-3-5-9-7(6)8-4-1;1-4-5(8-2-6-1)9-3-7-4/h1-5H;1-3H,(H,6,7,8,9). The van der Waals surface area contributed by atoms with Gasteiger partial charge in [-0.3, -0.25) is 0 Å². The molecule has 0 aliphatic carbocycles. The Morgan fingerprint density at radius 1 is 1.11 bits per heavy atom. The quantitative estimate of drug-likeness (QED) is 0.524. The van der Waals surface area contributed by atoms with Crippen LogP contribution in [0.15, 0.2) is 48.6 Å². The smallest absolute Gasteiger partial charge is 0.180 e. The molecule has 0 aliphatic rings. The van der Waals surface area contributed by atoms with Crippen molar-refractivity contribution < 1.29 is 0 Å². The van der Waals surface area contributed by atoms with Gasteiger partial charge in [0.2, 0.25) is 0 Å². The Morgan fingerprint density at radius 2 is 2.11 bits per heavy atom. The SMILES string of the molecule is c1cnc2sccc2c1.c1ncc2[nH]cnc2n1. The van der Waals surface area contributed by atoms with Gasteiger partial charge in [-0.15, -0.1) is 11.3 Å². The van der Waals surface area contributed by atoms with Crippen LogP contribution in [0.25, 0.3) is 21.4 Å². The van der Waals surface area contributed by atoms with Crippen molar-refractivity contribution in [2.45, 2.75) is 0 Å². The van der Waals surface area contributed by atoms with E-state index in [-0.39, 0.29) is 0 Å². The Balaban J connectivity index is 0.000000111. The molecular formula is C12H9N5S. The molecule has 0 atom stereocenters. The number of nitrogens with zero attached hydrogens (tertiary/aromatic N) is 4. The van der Waals surface area contributed by atoms with Crippen LogP contribution in [0.1, 0.15) is 0 Å². The summed E-state index contributed by atoms with van der Waals surface area (Å²) in [6.45, 7) is 0. The molecule has 18 heavy (non-hydrogen) atoms. The fourth-order valence-electron chi connectivity index (χ4n) is 1.49. The predicted octanol–water partition coefficient (Wildman–Crippen LogP) is 2.65. The van der Waals surface area contributed by atoms with Crippen LogP contribution in [0.3, 0.4) is 0 Å². The first-order valence-electron chi connectivity index (χ1n) is 5.31. The number of pyridine rings is 1. The Morgan fingerprint density at radius 3 is 3.00 bits per heavy atom. The van der Waals surface area contributed by atoms with E-state index in [4.69, 9.17) is 0 Å². The first-order valence-corrected chi connectivity index (χ1v) is 6.19. The third-order valence-electron chi connectivity index (χ3n) is 2.33. The molecule has 0 fully saturated rings. The molecule has 5 nitrogen and oxygen atoms in total. The molecule has 0 aliphatic heterocycles. The molecule has 0 unspecified atom stereocenters. The Hall–Kier alpha value is -2.34. The van der Waals surface area contributed by atoms with E-state index in [9.17, 15) is 0 Å². The van der Waals surface area contributed by atoms with Crippen LogP contribution in [0.4, 0.5) is 0 Å². The van der Waals surface area contributed by atoms with E-state index in [1.54, 1.807) is 23.9 Å². The van der Waals surface area contributed by atoms with E-state index in [0.717, 1.165) is 10.3 Å². The Labute approximate surface area is 107 Å². The zero-order chi connectivity index (χ0) is 12.2. The fourth-order valence-corrected chi connectivity index (χ4v) is 2.23. The summed E-state index contributed by atoms with van der Waals surface area (Å²) in [5, 5.41) is 3.29. The second-order valence-corrected chi connectivity index (χ2v) is 4.38. The van der Waals surface area contributed by atoms with Crippen molar-refractivity contribution in [2.24, 2.45) is 0 Å². The van der Waals surface area contributed by atoms with Crippen molar-refractivity contribution >= 4 is 32.7 Å². The number of aromatic nitrogens is 5. The zero-order valence-electron chi connectivity index (χ0n) is 9.32. The van der Waals surface area contributed by atoms with Crippen LogP contribution < -0.4 is 0 Å². The molecule has 0 bridgehead atoms. The second-order valence-electron chi connectivity index (χ2n) is 3.48. The third-order valence-corrected chi connectivity index (χ3v) is 3.16. The lowest BCUT2D eigenvalue weighted by molar-refractivity contribution is 1.20. The molecule has 0 saturated carbocycles. The van der Waals surface area contributed by atoms with Crippen LogP contribution in [-0.2, 0) is 0 Å². The van der Waals surface area contributed by atoms with Crippen molar-refractivity contribution in [3.8, 4) is 0 Å². The number of imidazole rings is 1. The normalized spacial score (nSPS) is 10.2. The lowest BCUT2D eigenvalue weighted by Gasteiger charge is -1.81. The lowest BCUT2D eigenvalue weighted by Crippen LogP contribution is -1.76. The van der Waals surface area contributed by atoms with Gasteiger partial charge in [0.25, 0.3) is 0 Å². The third kappa shape index (κ3) is 2.18. The minimum absolute atomic E-state index is 0.713. The summed E-state index contributed by atoms with van der Waals surface area (Å²) in [6.07, 6.45) is 6.58. The largest absolute Gasteiger partial charge is 0.342 e. The Bertz CT molecular complexity index is 634. The molecule has 0 aromatic carbocycles. The van der Waals surface area contributed by atoms with Gasteiger partial charge in [-0.25, -0.2) is 19.9 Å². The molecule has 88 valence electrons. The highest BCUT2D eigenvalue weighted by molar-refractivity contribution is 7.16. The lowest BCUT2D eigenvalue weighted by atomic mass is 10.4. The molecular weight excluding hydrogens is 246 g/mol. The van der Waals surface area contributed by atoms with Crippen molar-refractivity contribution in [1.29, 1.82) is 0 Å². The molecule has 6 heteroatoms. The number of aromatic amines is 1. The minimum Gasteiger partial charge on any atom is -0.342 e. The zero-order valence-corrected chi connectivity index (χ0v) is 10.1. The molecule has 0 saturated heterocycles. The van der Waals surface area contributed by atoms with Gasteiger partial charge in [0, 0.05) is 11.6 Å². The number of thiophene rings is 1. The van der Waals surface area contributed by atoms with Gasteiger partial charge in [0.05, 0.1) is 12.5 Å². The van der Waals surface area contributed by atoms with Crippen molar-refractivity contribution in [3.63, 3.8) is 0 Å². The van der Waals surface area contributed by atoms with Gasteiger partial charge >= 0.3 is 0 Å². The van der Waals surface area contributed by atoms with E-state index >= 15 is 0 Å². The highest BCUT2D eigenvalue weighted by Gasteiger charge is 1.91. The maximum Gasteiger partial charge on any atom is 0.180 e. The van der Waals surface area contributed by atoms with E-state index in [0.29, 0.717) is 5.65 Å². The summed E-state index contributed by atoms with van der Waals surface area (Å²) in [7, 11) is 0. The Kier molecular flexibility index (Phi) is 2.93. The maximum absolute atomic E-state index is 4.16. The first-order chi connectivity index (χ1) is 8.93. The topological polar surface area (TPSA) is 67.3 Å². The summed E-state index contributed by atoms with van der Waals surface area (Å²) >= 11 is 1.68. The molecule has 4 aromatic rings. The maximum atomic E-state index is 4.16. The number of fused-ring (bicyclic) bond motifs is 2. The molecule has 4 aromatic heterocycles. The molecule has 4 heterocycles. The molecule has 0 spiro atoms. The van der Waals surface area contributed by atoms with Gasteiger partial charge in [-0.1, -0.05) is 6.07 Å². The van der Waals surface area contributed by atoms with Crippen molar-refractivity contribution in [3.05, 3.63) is 48.6 Å². The molecule has 4 rings (SSSR count). The predicted molar refractivity (Wildman–Crippen MR) is 71.3 cm³/mol. The van der Waals surface area contributed by atoms with Crippen molar-refractivity contribution in [2.75, 3.05) is 0 Å². The molecule has 0 radical (unpaired) electrons. The number of hydrogen-bond acceptors (Lipinski definition) is 5. The highest BCUT2D eigenvalue weighted by Crippen LogP contribution is 2.15. The number of H-pyrrole nitrogens is 1. The monoisotopic (exact) mass is 255 g/mol. The van der Waals surface area contributed by atoms with Crippen LogP contribution in [0.2, 0.25) is 0 Å². The van der Waals surface area contributed by atoms with E-state index in [2.05, 4.69) is 42.4 Å². The summed E-state index contributed by atoms with van der Waals surface area (Å²) in [4.78, 5) is 19.8. The van der Waals surface area contributed by atoms with E-state index in [1.807, 2.05) is 12.3 Å². The summed E-state index contributed by atoms with van der Waals surface area (Å²) in [5.74, 6) is 0. The second kappa shape index (κ2) is 4.89. The first kappa shape index (κ1) is 10.8. The van der Waals surface area contributed by atoms with Crippen LogP contribution in [-0.4, -0.2) is 24.9 Å². The van der Waals surface area contributed by atoms with Gasteiger partial charge in [0.1, 0.15) is 16.7 Å². The highest BCUT2D eigenvalue weighted by atomic mass is 32.1. The van der Waals surface area contributed by atoms with Gasteiger partial charge in [0.15, 0.2) is 5.65 Å². The summed E-state index contributed by atoms with van der Waals surface area (Å²) < 4.78 is 0. The van der Waals surface area contributed by atoms with E-state index in [1.165, 1.54) is 11.7 Å². The van der Waals surface area contributed by atoms with Gasteiger partial charge in [-0.05, 0) is 17.5 Å². The average Bonchev–Trinajstić information content (AvgIpc) is 3.08. The van der Waals surface area contributed by atoms with Crippen LogP contribution >= 0.6 is 11.3 Å². The average molecular weight is 255 g/mol. The minimum atomic E-state index is 0.713.